The molecule has 1 heterocycles. The third kappa shape index (κ3) is 5.89. The topological polar surface area (TPSA) is 39.9 Å². The van der Waals surface area contributed by atoms with E-state index in [1.54, 1.807) is 12.1 Å². The maximum absolute atomic E-state index is 5.91. The van der Waals surface area contributed by atoms with Crippen molar-refractivity contribution < 1.29 is 56.1 Å². The second kappa shape index (κ2) is 10.7. The summed E-state index contributed by atoms with van der Waals surface area (Å²) >= 11 is 11.3. The van der Waals surface area contributed by atoms with Gasteiger partial charge in [0.1, 0.15) is 12.4 Å². The third-order valence-corrected chi connectivity index (χ3v) is 4.90. The van der Waals surface area contributed by atoms with Gasteiger partial charge >= 0.3 is 51.4 Å². The van der Waals surface area contributed by atoms with Crippen LogP contribution in [0.2, 0.25) is 5.02 Å². The summed E-state index contributed by atoms with van der Waals surface area (Å²) in [4.78, 5) is 0. The molecule has 4 rings (SSSR count). The molecular weight excluding hydrogens is 429 g/mol. The molecule has 140 valence electrons. The van der Waals surface area contributed by atoms with Crippen molar-refractivity contribution in [2.24, 2.45) is 0 Å². The Balaban J connectivity index is 0.00000240. The van der Waals surface area contributed by atoms with Gasteiger partial charge < -0.3 is 21.9 Å². The van der Waals surface area contributed by atoms with E-state index < -0.39 is 0 Å². The zero-order valence-electron chi connectivity index (χ0n) is 16.0. The Morgan fingerprint density at radius 3 is 2.34 bits per heavy atom. The van der Waals surface area contributed by atoms with Crippen LogP contribution in [-0.2, 0) is 25.8 Å². The molecule has 3 aromatic carbocycles. The number of hydrogen-bond acceptors (Lipinski definition) is 4. The van der Waals surface area contributed by atoms with Crippen LogP contribution in [0.5, 0.6) is 5.75 Å². The standard InChI is InChI=1S/C22H18ClN3OS.K/c23-19-9-11-20(12-10-19)27-15-21-24-25-22(28)26(21)14-16-5-4-8-18(13-16)17-6-2-1-3-7-17;/h1-13H,14-15H2,(H,25,28);/q;+1/p-1. The second-order valence-electron chi connectivity index (χ2n) is 6.29. The smallest absolute Gasteiger partial charge is 0.740 e. The van der Waals surface area contributed by atoms with E-state index in [1.165, 1.54) is 5.56 Å². The van der Waals surface area contributed by atoms with Gasteiger partial charge in [0.25, 0.3) is 0 Å². The molecule has 7 heteroatoms. The van der Waals surface area contributed by atoms with E-state index in [1.807, 2.05) is 34.9 Å². The third-order valence-electron chi connectivity index (χ3n) is 4.35. The Labute approximate surface area is 223 Å². The molecular formula is C22H17ClKN3OS. The maximum Gasteiger partial charge on any atom is 1.00 e. The number of aromatic nitrogens is 3. The number of ether oxygens (including phenoxy) is 1. The molecule has 1 aromatic heterocycles. The van der Waals surface area contributed by atoms with Crippen molar-refractivity contribution in [3.63, 3.8) is 0 Å². The summed E-state index contributed by atoms with van der Waals surface area (Å²) in [6.45, 7) is 0.871. The molecule has 0 saturated carbocycles. The maximum atomic E-state index is 5.91. The zero-order chi connectivity index (χ0) is 19.3. The van der Waals surface area contributed by atoms with Crippen LogP contribution in [-0.4, -0.2) is 14.8 Å². The quantitative estimate of drug-likeness (QED) is 0.337. The first kappa shape index (κ1) is 22.4. The minimum atomic E-state index is 0. The summed E-state index contributed by atoms with van der Waals surface area (Å²) in [5.74, 6) is 1.40. The number of benzene rings is 3. The van der Waals surface area contributed by atoms with Crippen LogP contribution in [0.25, 0.3) is 11.1 Å². The molecule has 0 N–H and O–H groups in total. The van der Waals surface area contributed by atoms with E-state index in [0.717, 1.165) is 16.9 Å². The predicted molar refractivity (Wildman–Crippen MR) is 112 cm³/mol. The molecule has 0 fully saturated rings. The molecule has 4 nitrogen and oxygen atoms in total. The fraction of sp³-hybridized carbons (Fsp3) is 0.0909. The number of nitrogens with zero attached hydrogens (tertiary/aromatic N) is 3. The van der Waals surface area contributed by atoms with Crippen molar-refractivity contribution in [3.8, 4) is 16.9 Å². The first-order chi connectivity index (χ1) is 13.7. The van der Waals surface area contributed by atoms with Crippen molar-refractivity contribution in [1.82, 2.24) is 14.8 Å². The number of rotatable bonds is 6. The Kier molecular flexibility index (Phi) is 8.26. The normalized spacial score (nSPS) is 10.4. The van der Waals surface area contributed by atoms with Crippen molar-refractivity contribution in [2.45, 2.75) is 18.3 Å². The van der Waals surface area contributed by atoms with Crippen LogP contribution in [0.15, 0.2) is 84.0 Å². The van der Waals surface area contributed by atoms with E-state index in [0.29, 0.717) is 22.5 Å². The summed E-state index contributed by atoms with van der Waals surface area (Å²) in [6.07, 6.45) is 0. The first-order valence-corrected chi connectivity index (χ1v) is 9.59. The summed E-state index contributed by atoms with van der Waals surface area (Å²) in [6, 6.07) is 25.9. The average Bonchev–Trinajstić information content (AvgIpc) is 3.08. The fourth-order valence-corrected chi connectivity index (χ4v) is 3.26. The number of hydrogen-bond donors (Lipinski definition) is 0. The first-order valence-electron chi connectivity index (χ1n) is 8.81. The van der Waals surface area contributed by atoms with Gasteiger partial charge in [-0.1, -0.05) is 60.1 Å². The van der Waals surface area contributed by atoms with E-state index in [2.05, 4.69) is 46.6 Å². The molecule has 0 spiro atoms. The minimum absolute atomic E-state index is 0. The van der Waals surface area contributed by atoms with Crippen LogP contribution in [0.1, 0.15) is 11.4 Å². The molecule has 0 aliphatic rings. The van der Waals surface area contributed by atoms with Gasteiger partial charge in [-0.2, -0.15) is 5.10 Å². The average molecular weight is 446 g/mol. The molecule has 4 aromatic rings. The van der Waals surface area contributed by atoms with Crippen LogP contribution < -0.4 is 56.1 Å². The molecule has 0 unspecified atom stereocenters. The molecule has 0 atom stereocenters. The van der Waals surface area contributed by atoms with Crippen molar-refractivity contribution in [1.29, 1.82) is 0 Å². The molecule has 0 bridgehead atoms. The molecule has 0 amide bonds. The van der Waals surface area contributed by atoms with Gasteiger partial charge in [-0.25, -0.2) is 0 Å². The van der Waals surface area contributed by atoms with Crippen molar-refractivity contribution in [2.75, 3.05) is 0 Å². The molecule has 29 heavy (non-hydrogen) atoms. The van der Waals surface area contributed by atoms with E-state index >= 15 is 0 Å². The van der Waals surface area contributed by atoms with Crippen LogP contribution in [0.4, 0.5) is 0 Å². The van der Waals surface area contributed by atoms with Crippen molar-refractivity contribution in [3.05, 3.63) is 95.3 Å². The monoisotopic (exact) mass is 445 g/mol. The van der Waals surface area contributed by atoms with Crippen LogP contribution in [0.3, 0.4) is 0 Å². The van der Waals surface area contributed by atoms with Gasteiger partial charge in [0.05, 0.1) is 0 Å². The molecule has 0 radical (unpaired) electrons. The number of halogens is 1. The Morgan fingerprint density at radius 2 is 1.59 bits per heavy atom. The summed E-state index contributed by atoms with van der Waals surface area (Å²) in [5, 5.41) is 9.34. The van der Waals surface area contributed by atoms with E-state index in [4.69, 9.17) is 29.0 Å². The molecule has 0 aliphatic heterocycles. The van der Waals surface area contributed by atoms with Gasteiger partial charge in [0.15, 0.2) is 5.82 Å². The van der Waals surface area contributed by atoms with Gasteiger partial charge in [-0.15, -0.1) is 5.10 Å². The van der Waals surface area contributed by atoms with Gasteiger partial charge in [0.2, 0.25) is 0 Å². The second-order valence-corrected chi connectivity index (χ2v) is 7.10. The van der Waals surface area contributed by atoms with Crippen molar-refractivity contribution >= 4 is 24.2 Å². The predicted octanol–water partition coefficient (Wildman–Crippen LogP) is 2.14. The van der Waals surface area contributed by atoms with Gasteiger partial charge in [0, 0.05) is 16.7 Å². The zero-order valence-corrected chi connectivity index (χ0v) is 20.7. The fourth-order valence-electron chi connectivity index (χ4n) is 2.93. The SMILES string of the molecule is [K+].[S-]c1nnc(COc2ccc(Cl)cc2)n1Cc1cccc(-c2ccccc2)c1. The Hall–Kier alpha value is -1.25. The molecule has 0 aliphatic carbocycles. The summed E-state index contributed by atoms with van der Waals surface area (Å²) in [5.41, 5.74) is 3.47. The van der Waals surface area contributed by atoms with Crippen LogP contribution in [0, 0.1) is 0 Å². The minimum Gasteiger partial charge on any atom is -0.740 e. The van der Waals surface area contributed by atoms with E-state index in [9.17, 15) is 0 Å². The van der Waals surface area contributed by atoms with Crippen LogP contribution >= 0.6 is 11.6 Å². The summed E-state index contributed by atoms with van der Waals surface area (Å²) in [7, 11) is 0. The van der Waals surface area contributed by atoms with Gasteiger partial charge in [-0.3, -0.25) is 0 Å². The van der Waals surface area contributed by atoms with Gasteiger partial charge in [-0.05, 0) is 47.0 Å². The largest absolute Gasteiger partial charge is 1.00 e. The Morgan fingerprint density at radius 1 is 0.862 bits per heavy atom. The van der Waals surface area contributed by atoms with E-state index in [-0.39, 0.29) is 58.0 Å². The summed E-state index contributed by atoms with van der Waals surface area (Å²) < 4.78 is 7.70. The molecule has 0 saturated heterocycles. The Bertz CT molecular complexity index is 1070.